The van der Waals surface area contributed by atoms with E-state index in [1.807, 2.05) is 13.0 Å². The Morgan fingerprint density at radius 2 is 2.15 bits per heavy atom. The number of halogens is 1. The van der Waals surface area contributed by atoms with Gasteiger partial charge in [-0.2, -0.15) is 5.10 Å². The third kappa shape index (κ3) is 2.92. The van der Waals surface area contributed by atoms with Gasteiger partial charge in [-0.15, -0.1) is 0 Å². The van der Waals surface area contributed by atoms with Crippen LogP contribution in [-0.4, -0.2) is 23.7 Å². The molecule has 0 fully saturated rings. The van der Waals surface area contributed by atoms with Crippen LogP contribution in [0.2, 0.25) is 0 Å². The van der Waals surface area contributed by atoms with Crippen molar-refractivity contribution >= 4 is 34.2 Å². The second-order valence-electron chi connectivity index (χ2n) is 6.75. The third-order valence-corrected chi connectivity index (χ3v) is 5.95. The van der Waals surface area contributed by atoms with Gasteiger partial charge in [0.2, 0.25) is 5.91 Å². The fourth-order valence-corrected chi connectivity index (χ4v) is 4.57. The molecule has 0 saturated heterocycles. The molecule has 2 atom stereocenters. The van der Waals surface area contributed by atoms with Crippen LogP contribution < -0.4 is 4.74 Å². The van der Waals surface area contributed by atoms with Crippen LogP contribution in [0.25, 0.3) is 0 Å². The fourth-order valence-electron chi connectivity index (χ4n) is 4.01. The lowest BCUT2D eigenvalue weighted by Gasteiger charge is -2.29. The van der Waals surface area contributed by atoms with E-state index in [0.717, 1.165) is 35.4 Å². The Morgan fingerprint density at radius 3 is 2.88 bits per heavy atom. The Balaban J connectivity index is 1.82. The molecule has 0 spiro atoms. The number of carbonyl (C=O) groups excluding carboxylic acids is 1. The minimum absolute atomic E-state index is 0.0217. The van der Waals surface area contributed by atoms with Crippen molar-refractivity contribution < 1.29 is 9.53 Å². The fraction of sp³-hybridized carbons (Fsp3) is 0.333. The highest BCUT2D eigenvalue weighted by Crippen LogP contribution is 2.44. The summed E-state index contributed by atoms with van der Waals surface area (Å²) >= 11 is 2.33. The predicted octanol–water partition coefficient (Wildman–Crippen LogP) is 4.56. The quantitative estimate of drug-likeness (QED) is 0.631. The van der Waals surface area contributed by atoms with Crippen molar-refractivity contribution in [2.24, 2.45) is 11.0 Å². The van der Waals surface area contributed by atoms with Gasteiger partial charge in [-0.05, 0) is 70.8 Å². The highest BCUT2D eigenvalue weighted by atomic mass is 127. The Labute approximate surface area is 167 Å². The van der Waals surface area contributed by atoms with Gasteiger partial charge in [-0.25, -0.2) is 5.01 Å². The summed E-state index contributed by atoms with van der Waals surface area (Å²) in [6.07, 6.45) is 2.45. The molecular weight excluding hydrogens is 439 g/mol. The van der Waals surface area contributed by atoms with E-state index >= 15 is 0 Å². The van der Waals surface area contributed by atoms with E-state index in [2.05, 4.69) is 59.0 Å². The lowest BCUT2D eigenvalue weighted by Crippen LogP contribution is -2.31. The van der Waals surface area contributed by atoms with E-state index in [4.69, 9.17) is 9.84 Å². The first-order valence-electron chi connectivity index (χ1n) is 8.95. The molecule has 2 aliphatic rings. The monoisotopic (exact) mass is 460 g/mol. The maximum Gasteiger partial charge on any atom is 0.242 e. The summed E-state index contributed by atoms with van der Waals surface area (Å²) < 4.78 is 6.59. The number of hydrogen-bond acceptors (Lipinski definition) is 3. The van der Waals surface area contributed by atoms with Crippen LogP contribution >= 0.6 is 22.6 Å². The van der Waals surface area contributed by atoms with Crippen molar-refractivity contribution in [2.75, 3.05) is 7.11 Å². The summed E-state index contributed by atoms with van der Waals surface area (Å²) in [4.78, 5) is 12.7. The molecule has 4 rings (SSSR count). The number of rotatable bonds is 3. The normalized spacial score (nSPS) is 21.0. The number of carbonyl (C=O) groups is 1. The SMILES string of the molecule is CCC(=O)N1N=C2c3cc(OC)ccc3CCC2C1c1cccc(I)c1. The zero-order valence-electron chi connectivity index (χ0n) is 14.9. The summed E-state index contributed by atoms with van der Waals surface area (Å²) in [5.74, 6) is 1.13. The van der Waals surface area contributed by atoms with Gasteiger partial charge in [0.15, 0.2) is 0 Å². The summed E-state index contributed by atoms with van der Waals surface area (Å²) in [5, 5.41) is 6.55. The average molecular weight is 460 g/mol. The van der Waals surface area contributed by atoms with Crippen molar-refractivity contribution in [2.45, 2.75) is 32.2 Å². The molecule has 0 bridgehead atoms. The molecule has 2 aromatic carbocycles. The Hall–Kier alpha value is -1.89. The molecular formula is C21H21IN2O2. The van der Waals surface area contributed by atoms with Crippen molar-refractivity contribution in [3.63, 3.8) is 0 Å². The van der Waals surface area contributed by atoms with Crippen LogP contribution in [0.1, 0.15) is 42.5 Å². The molecule has 0 aromatic heterocycles. The summed E-state index contributed by atoms with van der Waals surface area (Å²) in [6.45, 7) is 1.90. The number of ether oxygens (including phenoxy) is 1. The van der Waals surface area contributed by atoms with Gasteiger partial charge in [0.25, 0.3) is 0 Å². The van der Waals surface area contributed by atoms with Crippen LogP contribution in [0.15, 0.2) is 47.6 Å². The van der Waals surface area contributed by atoms with Gasteiger partial charge in [0, 0.05) is 21.5 Å². The standard InChI is InChI=1S/C21H21IN2O2/c1-3-19(25)24-21(14-5-4-6-15(22)11-14)17-10-8-13-7-9-16(26-2)12-18(13)20(17)23-24/h4-7,9,11-12,17,21H,3,8,10H2,1-2H3. The Bertz CT molecular complexity index is 893. The van der Waals surface area contributed by atoms with Crippen molar-refractivity contribution in [3.8, 4) is 5.75 Å². The third-order valence-electron chi connectivity index (χ3n) is 5.28. The van der Waals surface area contributed by atoms with Gasteiger partial charge in [0.1, 0.15) is 5.75 Å². The molecule has 1 amide bonds. The number of benzene rings is 2. The Morgan fingerprint density at radius 1 is 1.31 bits per heavy atom. The number of fused-ring (bicyclic) bond motifs is 3. The smallest absolute Gasteiger partial charge is 0.242 e. The minimum atomic E-state index is -0.0217. The van der Waals surface area contributed by atoms with E-state index in [1.54, 1.807) is 12.1 Å². The van der Waals surface area contributed by atoms with Crippen LogP contribution in [0.4, 0.5) is 0 Å². The first-order chi connectivity index (χ1) is 12.6. The summed E-state index contributed by atoms with van der Waals surface area (Å²) in [5.41, 5.74) is 4.60. The summed E-state index contributed by atoms with van der Waals surface area (Å²) in [7, 11) is 1.68. The highest BCUT2D eigenvalue weighted by molar-refractivity contribution is 14.1. The van der Waals surface area contributed by atoms with Crippen molar-refractivity contribution in [1.82, 2.24) is 5.01 Å². The maximum absolute atomic E-state index is 12.7. The first kappa shape index (κ1) is 17.5. The van der Waals surface area contributed by atoms with E-state index < -0.39 is 0 Å². The first-order valence-corrected chi connectivity index (χ1v) is 10.0. The van der Waals surface area contributed by atoms with Crippen LogP contribution in [0.5, 0.6) is 5.75 Å². The van der Waals surface area contributed by atoms with Gasteiger partial charge in [-0.1, -0.05) is 25.1 Å². The molecule has 0 saturated carbocycles. The van der Waals surface area contributed by atoms with Crippen LogP contribution in [0.3, 0.4) is 0 Å². The predicted molar refractivity (Wildman–Crippen MR) is 110 cm³/mol. The molecule has 5 heteroatoms. The van der Waals surface area contributed by atoms with E-state index in [9.17, 15) is 4.79 Å². The lowest BCUT2D eigenvalue weighted by atomic mass is 9.77. The number of aryl methyl sites for hydroxylation is 1. The highest BCUT2D eigenvalue weighted by Gasteiger charge is 2.43. The number of amides is 1. The number of methoxy groups -OCH3 is 1. The van der Waals surface area contributed by atoms with E-state index in [-0.39, 0.29) is 17.9 Å². The number of hydrogen-bond donors (Lipinski definition) is 0. The molecule has 4 nitrogen and oxygen atoms in total. The molecule has 134 valence electrons. The lowest BCUT2D eigenvalue weighted by molar-refractivity contribution is -0.133. The van der Waals surface area contributed by atoms with Crippen molar-refractivity contribution in [3.05, 3.63) is 62.7 Å². The number of hydrazone groups is 1. The summed E-state index contributed by atoms with van der Waals surface area (Å²) in [6, 6.07) is 14.6. The molecule has 1 heterocycles. The van der Waals surface area contributed by atoms with Crippen LogP contribution in [0, 0.1) is 9.49 Å². The van der Waals surface area contributed by atoms with Gasteiger partial charge in [-0.3, -0.25) is 4.79 Å². The maximum atomic E-state index is 12.7. The Kier molecular flexibility index (Phi) is 4.73. The molecule has 2 aromatic rings. The second-order valence-corrected chi connectivity index (χ2v) is 7.99. The van der Waals surface area contributed by atoms with Crippen molar-refractivity contribution in [1.29, 1.82) is 0 Å². The second kappa shape index (κ2) is 7.02. The average Bonchev–Trinajstić information content (AvgIpc) is 3.07. The molecule has 0 radical (unpaired) electrons. The van der Waals surface area contributed by atoms with Gasteiger partial charge in [0.05, 0.1) is 18.9 Å². The van der Waals surface area contributed by atoms with E-state index in [1.165, 1.54) is 9.13 Å². The molecule has 26 heavy (non-hydrogen) atoms. The van der Waals surface area contributed by atoms with Gasteiger partial charge < -0.3 is 4.74 Å². The largest absolute Gasteiger partial charge is 0.497 e. The topological polar surface area (TPSA) is 41.9 Å². The number of nitrogens with zero attached hydrogens (tertiary/aromatic N) is 2. The van der Waals surface area contributed by atoms with Crippen LogP contribution in [-0.2, 0) is 11.2 Å². The molecule has 2 unspecified atom stereocenters. The zero-order valence-corrected chi connectivity index (χ0v) is 17.1. The zero-order chi connectivity index (χ0) is 18.3. The minimum Gasteiger partial charge on any atom is -0.497 e. The van der Waals surface area contributed by atoms with Gasteiger partial charge >= 0.3 is 0 Å². The molecule has 1 aliphatic heterocycles. The van der Waals surface area contributed by atoms with E-state index in [0.29, 0.717) is 6.42 Å². The molecule has 1 aliphatic carbocycles. The molecule has 0 N–H and O–H groups in total.